The van der Waals surface area contributed by atoms with Gasteiger partial charge in [-0.2, -0.15) is 0 Å². The second-order valence-electron chi connectivity index (χ2n) is 7.78. The van der Waals surface area contributed by atoms with E-state index >= 15 is 0 Å². The summed E-state index contributed by atoms with van der Waals surface area (Å²) in [6.45, 7) is 3.24. The largest absolute Gasteiger partial charge is 0.365 e. The van der Waals surface area contributed by atoms with Gasteiger partial charge in [0, 0.05) is 42.2 Å². The van der Waals surface area contributed by atoms with Crippen molar-refractivity contribution < 1.29 is 9.59 Å². The molecule has 0 spiro atoms. The monoisotopic (exact) mass is 414 g/mol. The van der Waals surface area contributed by atoms with Gasteiger partial charge in [-0.15, -0.1) is 0 Å². The molecule has 5 heteroatoms. The summed E-state index contributed by atoms with van der Waals surface area (Å²) in [5.74, 6) is -0.102. The molecular formula is C25H22N2O2S. The molecule has 1 aliphatic heterocycles. The fourth-order valence-corrected chi connectivity index (χ4v) is 5.18. The minimum absolute atomic E-state index is 0.0435. The lowest BCUT2D eigenvalue weighted by Gasteiger charge is -2.37. The summed E-state index contributed by atoms with van der Waals surface area (Å²) in [7, 11) is 2.08. The van der Waals surface area contributed by atoms with Crippen LogP contribution >= 0.6 is 11.8 Å². The molecule has 3 aromatic rings. The molecule has 0 unspecified atom stereocenters. The number of ketones is 2. The molecular weight excluding hydrogens is 392 g/mol. The standard InChI is InChI=1S/C25H22N2O2S/c1-26-12-14-27(15-13-26)22-23(28)20-8-4-5-9-21(20)24(29)25(22)30-19-11-10-17-6-2-3-7-18(17)16-19/h2-11,16H,12-15H2,1H3. The highest BCUT2D eigenvalue weighted by atomic mass is 32.2. The summed E-state index contributed by atoms with van der Waals surface area (Å²) < 4.78 is 0. The zero-order valence-electron chi connectivity index (χ0n) is 16.8. The number of carbonyl (C=O) groups is 2. The van der Waals surface area contributed by atoms with Crippen molar-refractivity contribution in [3.63, 3.8) is 0 Å². The molecule has 0 radical (unpaired) electrons. The summed E-state index contributed by atoms with van der Waals surface area (Å²) in [6.07, 6.45) is 0. The van der Waals surface area contributed by atoms with Gasteiger partial charge in [-0.3, -0.25) is 9.59 Å². The van der Waals surface area contributed by atoms with Crippen molar-refractivity contribution in [3.8, 4) is 0 Å². The van der Waals surface area contributed by atoms with E-state index in [2.05, 4.69) is 41.1 Å². The van der Waals surface area contributed by atoms with Crippen molar-refractivity contribution in [1.29, 1.82) is 0 Å². The molecule has 1 heterocycles. The number of allylic oxidation sites excluding steroid dienone is 2. The quantitative estimate of drug-likeness (QED) is 0.632. The number of thioether (sulfide) groups is 1. The minimum atomic E-state index is -0.0581. The molecule has 0 atom stereocenters. The fourth-order valence-electron chi connectivity index (χ4n) is 4.10. The molecule has 0 N–H and O–H groups in total. The van der Waals surface area contributed by atoms with Crippen LogP contribution in [0.15, 0.2) is 82.2 Å². The van der Waals surface area contributed by atoms with Gasteiger partial charge in [0.2, 0.25) is 11.6 Å². The number of fused-ring (bicyclic) bond motifs is 2. The van der Waals surface area contributed by atoms with Crippen molar-refractivity contribution in [2.45, 2.75) is 4.90 Å². The van der Waals surface area contributed by atoms with Crippen LogP contribution in [0.25, 0.3) is 10.8 Å². The van der Waals surface area contributed by atoms with Crippen LogP contribution in [0.4, 0.5) is 0 Å². The highest BCUT2D eigenvalue weighted by Crippen LogP contribution is 2.39. The van der Waals surface area contributed by atoms with Crippen LogP contribution < -0.4 is 0 Å². The Bertz CT molecular complexity index is 1190. The Labute approximate surface area is 180 Å². The number of hydrogen-bond donors (Lipinski definition) is 0. The lowest BCUT2D eigenvalue weighted by Crippen LogP contribution is -2.46. The number of benzene rings is 3. The predicted octanol–water partition coefficient (Wildman–Crippen LogP) is 4.47. The Kier molecular flexibility index (Phi) is 4.93. The average molecular weight is 415 g/mol. The molecule has 1 saturated heterocycles. The number of carbonyl (C=O) groups excluding carboxylic acids is 2. The molecule has 5 rings (SSSR count). The third-order valence-corrected chi connectivity index (χ3v) is 6.89. The Morgan fingerprint density at radius 2 is 1.37 bits per heavy atom. The van der Waals surface area contributed by atoms with Crippen LogP contribution in [0, 0.1) is 0 Å². The third-order valence-electron chi connectivity index (χ3n) is 5.81. The molecule has 0 aromatic heterocycles. The second kappa shape index (κ2) is 7.74. The molecule has 1 aliphatic carbocycles. The van der Waals surface area contributed by atoms with E-state index in [4.69, 9.17) is 0 Å². The number of piperazine rings is 1. The van der Waals surface area contributed by atoms with Gasteiger partial charge in [-0.1, -0.05) is 66.4 Å². The Hall–Kier alpha value is -2.89. The third kappa shape index (κ3) is 3.34. The van der Waals surface area contributed by atoms with Crippen molar-refractivity contribution in [1.82, 2.24) is 9.80 Å². The molecule has 2 aliphatic rings. The topological polar surface area (TPSA) is 40.6 Å². The number of likely N-dealkylation sites (N-methyl/N-ethyl adjacent to an activating group) is 1. The maximum atomic E-state index is 13.5. The Morgan fingerprint density at radius 3 is 2.10 bits per heavy atom. The van der Waals surface area contributed by atoms with Crippen LogP contribution in [-0.2, 0) is 0 Å². The molecule has 0 amide bonds. The normalized spacial score (nSPS) is 17.6. The molecule has 3 aromatic carbocycles. The maximum Gasteiger partial charge on any atom is 0.211 e. The van der Waals surface area contributed by atoms with Crippen LogP contribution in [0.1, 0.15) is 20.7 Å². The van der Waals surface area contributed by atoms with Crippen molar-refractivity contribution >= 4 is 34.1 Å². The molecule has 4 nitrogen and oxygen atoms in total. The molecule has 0 saturated carbocycles. The van der Waals surface area contributed by atoms with Crippen molar-refractivity contribution in [3.05, 3.63) is 88.5 Å². The first-order chi connectivity index (χ1) is 14.6. The Balaban J connectivity index is 1.60. The van der Waals surface area contributed by atoms with Crippen LogP contribution in [0.2, 0.25) is 0 Å². The molecule has 150 valence electrons. The zero-order valence-corrected chi connectivity index (χ0v) is 17.6. The van der Waals surface area contributed by atoms with E-state index < -0.39 is 0 Å². The zero-order chi connectivity index (χ0) is 20.7. The summed E-state index contributed by atoms with van der Waals surface area (Å²) in [6, 6.07) is 21.5. The summed E-state index contributed by atoms with van der Waals surface area (Å²) >= 11 is 1.41. The molecule has 30 heavy (non-hydrogen) atoms. The molecule has 0 bridgehead atoms. The number of hydrogen-bond acceptors (Lipinski definition) is 5. The van der Waals surface area contributed by atoms with E-state index in [1.54, 1.807) is 12.1 Å². The van der Waals surface area contributed by atoms with Gasteiger partial charge in [-0.25, -0.2) is 0 Å². The summed E-state index contributed by atoms with van der Waals surface area (Å²) in [5.41, 5.74) is 1.58. The van der Waals surface area contributed by atoms with E-state index in [0.717, 1.165) is 41.8 Å². The first-order valence-electron chi connectivity index (χ1n) is 10.1. The number of rotatable bonds is 3. The smallest absolute Gasteiger partial charge is 0.211 e. The van der Waals surface area contributed by atoms with Gasteiger partial charge < -0.3 is 9.80 Å². The lowest BCUT2D eigenvalue weighted by atomic mass is 9.91. The average Bonchev–Trinajstić information content (AvgIpc) is 2.78. The fraction of sp³-hybridized carbons (Fsp3) is 0.200. The Morgan fingerprint density at radius 1 is 0.733 bits per heavy atom. The first kappa shape index (κ1) is 19.1. The van der Waals surface area contributed by atoms with Gasteiger partial charge in [0.1, 0.15) is 5.70 Å². The van der Waals surface area contributed by atoms with Gasteiger partial charge in [0.25, 0.3) is 0 Å². The number of Topliss-reactive ketones (excluding diaryl/α,β-unsaturated/α-hetero) is 2. The van der Waals surface area contributed by atoms with E-state index in [9.17, 15) is 9.59 Å². The van der Waals surface area contributed by atoms with E-state index in [1.165, 1.54) is 11.8 Å². The van der Waals surface area contributed by atoms with Gasteiger partial charge >= 0.3 is 0 Å². The highest BCUT2D eigenvalue weighted by molar-refractivity contribution is 8.04. The molecule has 1 fully saturated rings. The van der Waals surface area contributed by atoms with E-state index in [1.807, 2.05) is 30.3 Å². The van der Waals surface area contributed by atoms with Crippen LogP contribution in [0.3, 0.4) is 0 Å². The predicted molar refractivity (Wildman–Crippen MR) is 121 cm³/mol. The van der Waals surface area contributed by atoms with Crippen molar-refractivity contribution in [2.75, 3.05) is 33.2 Å². The summed E-state index contributed by atoms with van der Waals surface area (Å²) in [5, 5.41) is 2.28. The maximum absolute atomic E-state index is 13.5. The minimum Gasteiger partial charge on any atom is -0.365 e. The van der Waals surface area contributed by atoms with E-state index in [-0.39, 0.29) is 11.6 Å². The van der Waals surface area contributed by atoms with Gasteiger partial charge in [0.05, 0.1) is 4.91 Å². The summed E-state index contributed by atoms with van der Waals surface area (Å²) in [4.78, 5) is 32.8. The van der Waals surface area contributed by atoms with Crippen LogP contribution in [0.5, 0.6) is 0 Å². The first-order valence-corrected chi connectivity index (χ1v) is 11.0. The SMILES string of the molecule is CN1CCN(C2=C(Sc3ccc4ccccc4c3)C(=O)c3ccccc3C2=O)CC1. The number of nitrogens with zero attached hydrogens (tertiary/aromatic N) is 2. The second-order valence-corrected chi connectivity index (χ2v) is 8.87. The van der Waals surface area contributed by atoms with E-state index in [0.29, 0.717) is 21.7 Å². The highest BCUT2D eigenvalue weighted by Gasteiger charge is 2.36. The van der Waals surface area contributed by atoms with Crippen molar-refractivity contribution in [2.24, 2.45) is 0 Å². The van der Waals surface area contributed by atoms with Gasteiger partial charge in [0.15, 0.2) is 0 Å². The van der Waals surface area contributed by atoms with Gasteiger partial charge in [-0.05, 0) is 30.0 Å². The van der Waals surface area contributed by atoms with Crippen LogP contribution in [-0.4, -0.2) is 54.6 Å². The lowest BCUT2D eigenvalue weighted by molar-refractivity contribution is 0.0923.